The van der Waals surface area contributed by atoms with Gasteiger partial charge in [-0.2, -0.15) is 0 Å². The topological polar surface area (TPSA) is 38.0 Å². The summed E-state index contributed by atoms with van der Waals surface area (Å²) < 4.78 is 0. The van der Waals surface area contributed by atoms with Crippen LogP contribution in [0.4, 0.5) is 11.4 Å². The van der Waals surface area contributed by atoms with Crippen LogP contribution in [0.5, 0.6) is 0 Å². The van der Waals surface area contributed by atoms with Crippen molar-refractivity contribution >= 4 is 57.8 Å². The molecule has 6 heteroatoms. The molecule has 0 aliphatic rings. The van der Waals surface area contributed by atoms with Crippen LogP contribution < -0.4 is 11.1 Å². The first kappa shape index (κ1) is 15.6. The maximum absolute atomic E-state index is 6.18. The summed E-state index contributed by atoms with van der Waals surface area (Å²) in [4.78, 5) is 0. The lowest BCUT2D eigenvalue weighted by Gasteiger charge is -2.19. The maximum atomic E-state index is 6.18. The van der Waals surface area contributed by atoms with E-state index in [2.05, 4.69) is 5.32 Å². The van der Waals surface area contributed by atoms with E-state index >= 15 is 0 Å². The smallest absolute Gasteiger partial charge is 0.0725 e. The van der Waals surface area contributed by atoms with E-state index in [1.54, 1.807) is 24.3 Å². The standard InChI is InChI=1S/C14H12Cl4N2/c1-7(10-3-2-8(15)4-11(10)16)20-14-12(17)5-9(19)6-13(14)18/h2-7,20H,19H2,1H3. The van der Waals surface area contributed by atoms with Crippen LogP contribution in [0.25, 0.3) is 0 Å². The molecule has 0 aliphatic carbocycles. The van der Waals surface area contributed by atoms with Crippen molar-refractivity contribution in [3.05, 3.63) is 56.0 Å². The zero-order chi connectivity index (χ0) is 14.9. The third kappa shape index (κ3) is 3.44. The Bertz CT molecular complexity index is 620. The Morgan fingerprint density at radius 3 is 2.10 bits per heavy atom. The lowest BCUT2D eigenvalue weighted by atomic mass is 10.1. The van der Waals surface area contributed by atoms with E-state index < -0.39 is 0 Å². The van der Waals surface area contributed by atoms with Gasteiger partial charge >= 0.3 is 0 Å². The van der Waals surface area contributed by atoms with E-state index in [1.165, 1.54) is 0 Å². The Labute approximate surface area is 137 Å². The predicted molar refractivity (Wildman–Crippen MR) is 89.4 cm³/mol. The van der Waals surface area contributed by atoms with Crippen LogP contribution in [0.1, 0.15) is 18.5 Å². The van der Waals surface area contributed by atoms with Gasteiger partial charge in [0.15, 0.2) is 0 Å². The summed E-state index contributed by atoms with van der Waals surface area (Å²) in [5, 5.41) is 5.34. The van der Waals surface area contributed by atoms with Gasteiger partial charge in [0, 0.05) is 15.7 Å². The summed E-state index contributed by atoms with van der Waals surface area (Å²) in [6, 6.07) is 8.55. The fourth-order valence-electron chi connectivity index (χ4n) is 1.88. The van der Waals surface area contributed by atoms with Crippen molar-refractivity contribution in [2.45, 2.75) is 13.0 Å². The fraction of sp³-hybridized carbons (Fsp3) is 0.143. The van der Waals surface area contributed by atoms with Crippen molar-refractivity contribution in [1.29, 1.82) is 0 Å². The molecule has 1 atom stereocenters. The monoisotopic (exact) mass is 348 g/mol. The van der Waals surface area contributed by atoms with Gasteiger partial charge in [0.25, 0.3) is 0 Å². The summed E-state index contributed by atoms with van der Waals surface area (Å²) >= 11 is 24.4. The molecule has 1 unspecified atom stereocenters. The van der Waals surface area contributed by atoms with Gasteiger partial charge in [-0.3, -0.25) is 0 Å². The largest absolute Gasteiger partial charge is 0.399 e. The number of halogens is 4. The van der Waals surface area contributed by atoms with Gasteiger partial charge in [0.2, 0.25) is 0 Å². The Hall–Kier alpha value is -0.800. The minimum Gasteiger partial charge on any atom is -0.399 e. The molecule has 0 saturated heterocycles. The molecule has 0 fully saturated rings. The predicted octanol–water partition coefficient (Wildman–Crippen LogP) is 6.06. The Morgan fingerprint density at radius 2 is 1.55 bits per heavy atom. The van der Waals surface area contributed by atoms with Crippen LogP contribution in [0.2, 0.25) is 20.1 Å². The van der Waals surface area contributed by atoms with Crippen molar-refractivity contribution in [3.63, 3.8) is 0 Å². The molecule has 0 aliphatic heterocycles. The molecule has 2 nitrogen and oxygen atoms in total. The highest BCUT2D eigenvalue weighted by molar-refractivity contribution is 6.39. The van der Waals surface area contributed by atoms with Gasteiger partial charge in [0.1, 0.15) is 0 Å². The minimum atomic E-state index is -0.0848. The molecule has 0 saturated carbocycles. The molecule has 106 valence electrons. The molecule has 0 amide bonds. The van der Waals surface area contributed by atoms with Gasteiger partial charge in [-0.05, 0) is 36.8 Å². The van der Waals surface area contributed by atoms with Crippen molar-refractivity contribution in [2.75, 3.05) is 11.1 Å². The first-order chi connectivity index (χ1) is 9.38. The number of hydrogen-bond donors (Lipinski definition) is 2. The maximum Gasteiger partial charge on any atom is 0.0725 e. The number of nitrogens with one attached hydrogen (secondary N) is 1. The Kier molecular flexibility index (Phi) is 4.92. The molecule has 2 aromatic carbocycles. The van der Waals surface area contributed by atoms with E-state index in [-0.39, 0.29) is 6.04 Å². The molecular weight excluding hydrogens is 338 g/mol. The molecule has 3 N–H and O–H groups in total. The van der Waals surface area contributed by atoms with Gasteiger partial charge in [-0.25, -0.2) is 0 Å². The van der Waals surface area contributed by atoms with Crippen LogP contribution >= 0.6 is 46.4 Å². The summed E-state index contributed by atoms with van der Waals surface area (Å²) in [6.07, 6.45) is 0. The number of rotatable bonds is 3. The lowest BCUT2D eigenvalue weighted by molar-refractivity contribution is 0.885. The molecule has 0 aromatic heterocycles. The quantitative estimate of drug-likeness (QED) is 0.661. The van der Waals surface area contributed by atoms with Gasteiger partial charge in [-0.15, -0.1) is 0 Å². The third-order valence-corrected chi connectivity index (χ3v) is 4.01. The van der Waals surface area contributed by atoms with Crippen molar-refractivity contribution < 1.29 is 0 Å². The molecule has 20 heavy (non-hydrogen) atoms. The minimum absolute atomic E-state index is 0.0848. The highest BCUT2D eigenvalue weighted by Gasteiger charge is 2.14. The van der Waals surface area contributed by atoms with Gasteiger partial charge in [-0.1, -0.05) is 52.5 Å². The van der Waals surface area contributed by atoms with Crippen LogP contribution in [-0.2, 0) is 0 Å². The molecule has 2 rings (SSSR count). The van der Waals surface area contributed by atoms with E-state index in [1.807, 2.05) is 13.0 Å². The van der Waals surface area contributed by atoms with E-state index in [4.69, 9.17) is 52.1 Å². The third-order valence-electron chi connectivity index (χ3n) is 2.85. The molecule has 0 spiro atoms. The molecule has 0 bridgehead atoms. The average Bonchev–Trinajstić information content (AvgIpc) is 2.33. The Morgan fingerprint density at radius 1 is 0.950 bits per heavy atom. The van der Waals surface area contributed by atoms with E-state index in [0.717, 1.165) is 5.56 Å². The van der Waals surface area contributed by atoms with Gasteiger partial charge < -0.3 is 11.1 Å². The van der Waals surface area contributed by atoms with Gasteiger partial charge in [0.05, 0.1) is 21.8 Å². The molecule has 2 aromatic rings. The zero-order valence-corrected chi connectivity index (χ0v) is 13.6. The second kappa shape index (κ2) is 6.31. The van der Waals surface area contributed by atoms with Crippen LogP contribution in [-0.4, -0.2) is 0 Å². The summed E-state index contributed by atoms with van der Waals surface area (Å²) in [7, 11) is 0. The number of anilines is 2. The lowest BCUT2D eigenvalue weighted by Crippen LogP contribution is -2.08. The SMILES string of the molecule is CC(Nc1c(Cl)cc(N)cc1Cl)c1ccc(Cl)cc1Cl. The summed E-state index contributed by atoms with van der Waals surface area (Å²) in [6.45, 7) is 1.96. The van der Waals surface area contributed by atoms with Crippen molar-refractivity contribution in [2.24, 2.45) is 0 Å². The first-order valence-electron chi connectivity index (χ1n) is 5.84. The highest BCUT2D eigenvalue weighted by Crippen LogP contribution is 2.36. The molecular formula is C14H12Cl4N2. The molecule has 0 heterocycles. The Balaban J connectivity index is 2.30. The van der Waals surface area contributed by atoms with Crippen molar-refractivity contribution in [3.8, 4) is 0 Å². The second-order valence-electron chi connectivity index (χ2n) is 4.39. The zero-order valence-electron chi connectivity index (χ0n) is 10.6. The highest BCUT2D eigenvalue weighted by atomic mass is 35.5. The number of nitrogen functional groups attached to an aromatic ring is 1. The van der Waals surface area contributed by atoms with Crippen LogP contribution in [0.15, 0.2) is 30.3 Å². The van der Waals surface area contributed by atoms with Crippen molar-refractivity contribution in [1.82, 2.24) is 0 Å². The fourth-order valence-corrected chi connectivity index (χ4v) is 3.06. The van der Waals surface area contributed by atoms with Crippen LogP contribution in [0.3, 0.4) is 0 Å². The average molecular weight is 350 g/mol. The number of benzene rings is 2. The summed E-state index contributed by atoms with van der Waals surface area (Å²) in [5.41, 5.74) is 7.72. The van der Waals surface area contributed by atoms with E-state index in [9.17, 15) is 0 Å². The normalized spacial score (nSPS) is 12.2. The summed E-state index contributed by atoms with van der Waals surface area (Å²) in [5.74, 6) is 0. The number of hydrogen-bond acceptors (Lipinski definition) is 2. The molecule has 0 radical (unpaired) electrons. The van der Waals surface area contributed by atoms with E-state index in [0.29, 0.717) is 31.5 Å². The number of nitrogens with two attached hydrogens (primary N) is 1. The van der Waals surface area contributed by atoms with Crippen LogP contribution in [0, 0.1) is 0 Å². The first-order valence-corrected chi connectivity index (χ1v) is 7.35. The second-order valence-corrected chi connectivity index (χ2v) is 6.05.